The van der Waals surface area contributed by atoms with Crippen LogP contribution in [0.2, 0.25) is 0 Å². The van der Waals surface area contributed by atoms with Crippen molar-refractivity contribution in [2.75, 3.05) is 42.1 Å². The third kappa shape index (κ3) is 2.69. The number of aryl methyl sites for hydroxylation is 2. The summed E-state index contributed by atoms with van der Waals surface area (Å²) in [6.45, 7) is 6.74. The second-order valence-electron chi connectivity index (χ2n) is 6.39. The molecular formula is C17H21N3O4S. The predicted molar refractivity (Wildman–Crippen MR) is 93.7 cm³/mol. The molecule has 8 heteroatoms. The molecule has 2 aliphatic rings. The molecule has 0 unspecified atom stereocenters. The predicted octanol–water partition coefficient (Wildman–Crippen LogP) is 1.88. The maximum atomic E-state index is 13.2. The van der Waals surface area contributed by atoms with Gasteiger partial charge in [-0.15, -0.1) is 0 Å². The summed E-state index contributed by atoms with van der Waals surface area (Å²) in [5, 5.41) is 3.80. The summed E-state index contributed by atoms with van der Waals surface area (Å²) in [5.74, 6) is 0.329. The summed E-state index contributed by atoms with van der Waals surface area (Å²) < 4.78 is 38.3. The van der Waals surface area contributed by atoms with Crippen LogP contribution in [0, 0.1) is 13.8 Å². The van der Waals surface area contributed by atoms with Crippen LogP contribution >= 0.6 is 0 Å². The summed E-state index contributed by atoms with van der Waals surface area (Å²) in [6.07, 6.45) is 0.710. The molecule has 1 saturated heterocycles. The van der Waals surface area contributed by atoms with E-state index in [1.807, 2.05) is 12.1 Å². The van der Waals surface area contributed by atoms with Crippen LogP contribution in [-0.2, 0) is 21.2 Å². The first-order valence-corrected chi connectivity index (χ1v) is 9.84. The average Bonchev–Trinajstić information content (AvgIpc) is 3.19. The number of hydrogen-bond acceptors (Lipinski definition) is 6. The van der Waals surface area contributed by atoms with Crippen LogP contribution in [0.25, 0.3) is 0 Å². The van der Waals surface area contributed by atoms with Gasteiger partial charge in [-0.3, -0.25) is 4.31 Å². The van der Waals surface area contributed by atoms with Gasteiger partial charge < -0.3 is 14.2 Å². The lowest BCUT2D eigenvalue weighted by Crippen LogP contribution is -2.36. The van der Waals surface area contributed by atoms with Crippen LogP contribution in [0.1, 0.15) is 17.0 Å². The Labute approximate surface area is 147 Å². The van der Waals surface area contributed by atoms with Crippen LogP contribution in [0.15, 0.2) is 27.6 Å². The van der Waals surface area contributed by atoms with Gasteiger partial charge in [0.25, 0.3) is 10.0 Å². The minimum Gasteiger partial charge on any atom is -0.378 e. The Morgan fingerprint density at radius 3 is 2.56 bits per heavy atom. The van der Waals surface area contributed by atoms with E-state index in [1.54, 1.807) is 13.8 Å². The summed E-state index contributed by atoms with van der Waals surface area (Å²) in [6, 6.07) is 6.07. The van der Waals surface area contributed by atoms with E-state index in [0.717, 1.165) is 30.0 Å². The maximum absolute atomic E-state index is 13.2. The van der Waals surface area contributed by atoms with Gasteiger partial charge in [-0.2, -0.15) is 0 Å². The van der Waals surface area contributed by atoms with E-state index in [2.05, 4.69) is 16.1 Å². The molecule has 7 nitrogen and oxygen atoms in total. The number of hydrogen-bond donors (Lipinski definition) is 0. The lowest BCUT2D eigenvalue weighted by atomic mass is 10.1. The monoisotopic (exact) mass is 363 g/mol. The summed E-state index contributed by atoms with van der Waals surface area (Å²) in [5.41, 5.74) is 3.23. The van der Waals surface area contributed by atoms with Crippen LogP contribution in [-0.4, -0.2) is 46.4 Å². The fourth-order valence-electron chi connectivity index (χ4n) is 3.56. The van der Waals surface area contributed by atoms with Crippen LogP contribution < -0.4 is 9.21 Å². The van der Waals surface area contributed by atoms with Crippen molar-refractivity contribution in [2.45, 2.75) is 25.2 Å². The number of nitrogens with zero attached hydrogens (tertiary/aromatic N) is 3. The first-order valence-electron chi connectivity index (χ1n) is 8.40. The second kappa shape index (κ2) is 6.03. The number of anilines is 2. The lowest BCUT2D eigenvalue weighted by molar-refractivity contribution is 0.122. The molecule has 3 heterocycles. The summed E-state index contributed by atoms with van der Waals surface area (Å²) in [7, 11) is -3.68. The molecule has 4 rings (SSSR count). The SMILES string of the molecule is Cc1noc(C)c1S(=O)(=O)N1CCc2ccc(N3CCOCC3)cc21. The van der Waals surface area contributed by atoms with E-state index in [1.165, 1.54) is 4.31 Å². The van der Waals surface area contributed by atoms with Gasteiger partial charge in [0.05, 0.1) is 18.9 Å². The third-order valence-electron chi connectivity index (χ3n) is 4.81. The van der Waals surface area contributed by atoms with Crippen LogP contribution in [0.3, 0.4) is 0 Å². The molecule has 134 valence electrons. The Balaban J connectivity index is 1.73. The maximum Gasteiger partial charge on any atom is 0.269 e. The molecule has 0 bridgehead atoms. The smallest absolute Gasteiger partial charge is 0.269 e. The zero-order valence-corrected chi connectivity index (χ0v) is 15.2. The highest BCUT2D eigenvalue weighted by atomic mass is 32.2. The van der Waals surface area contributed by atoms with Crippen molar-refractivity contribution >= 4 is 21.4 Å². The van der Waals surface area contributed by atoms with E-state index in [-0.39, 0.29) is 4.90 Å². The number of morpholine rings is 1. The normalized spacial score (nSPS) is 17.8. The Kier molecular flexibility index (Phi) is 3.96. The van der Waals surface area contributed by atoms with Gasteiger partial charge in [0.1, 0.15) is 5.69 Å². The highest BCUT2D eigenvalue weighted by Gasteiger charge is 2.35. The minimum absolute atomic E-state index is 0.178. The fourth-order valence-corrected chi connectivity index (χ4v) is 5.35. The topological polar surface area (TPSA) is 75.9 Å². The van der Waals surface area contributed by atoms with Crippen LogP contribution in [0.5, 0.6) is 0 Å². The van der Waals surface area contributed by atoms with Crippen molar-refractivity contribution in [2.24, 2.45) is 0 Å². The molecule has 0 atom stereocenters. The number of sulfonamides is 1. The van der Waals surface area contributed by atoms with Gasteiger partial charge >= 0.3 is 0 Å². The van der Waals surface area contributed by atoms with Crippen LogP contribution in [0.4, 0.5) is 11.4 Å². The molecule has 2 aromatic rings. The third-order valence-corrected chi connectivity index (χ3v) is 6.87. The molecule has 1 fully saturated rings. The van der Waals surface area contributed by atoms with E-state index in [4.69, 9.17) is 9.26 Å². The van der Waals surface area contributed by atoms with Crippen molar-refractivity contribution in [1.29, 1.82) is 0 Å². The highest BCUT2D eigenvalue weighted by Crippen LogP contribution is 2.37. The number of rotatable bonds is 3. The van der Waals surface area contributed by atoms with Crippen molar-refractivity contribution in [3.63, 3.8) is 0 Å². The van der Waals surface area contributed by atoms with Gasteiger partial charge in [-0.1, -0.05) is 11.2 Å². The number of fused-ring (bicyclic) bond motifs is 1. The molecule has 1 aromatic carbocycles. The Morgan fingerprint density at radius 2 is 1.88 bits per heavy atom. The van der Waals surface area contributed by atoms with Crippen molar-refractivity contribution in [1.82, 2.24) is 5.16 Å². The molecule has 0 amide bonds. The first kappa shape index (κ1) is 16.4. The summed E-state index contributed by atoms with van der Waals surface area (Å²) >= 11 is 0. The quantitative estimate of drug-likeness (QED) is 0.829. The van der Waals surface area contributed by atoms with E-state index in [0.29, 0.717) is 37.6 Å². The zero-order chi connectivity index (χ0) is 17.6. The number of ether oxygens (including phenoxy) is 1. The molecule has 25 heavy (non-hydrogen) atoms. The highest BCUT2D eigenvalue weighted by molar-refractivity contribution is 7.93. The largest absolute Gasteiger partial charge is 0.378 e. The van der Waals surface area contributed by atoms with E-state index in [9.17, 15) is 8.42 Å². The molecule has 1 aromatic heterocycles. The Morgan fingerprint density at radius 1 is 1.12 bits per heavy atom. The zero-order valence-electron chi connectivity index (χ0n) is 14.4. The lowest BCUT2D eigenvalue weighted by Gasteiger charge is -2.29. The van der Waals surface area contributed by atoms with Gasteiger partial charge in [0, 0.05) is 25.3 Å². The van der Waals surface area contributed by atoms with E-state index >= 15 is 0 Å². The van der Waals surface area contributed by atoms with Gasteiger partial charge in [-0.25, -0.2) is 8.42 Å². The van der Waals surface area contributed by atoms with Crippen molar-refractivity contribution in [3.05, 3.63) is 35.2 Å². The van der Waals surface area contributed by atoms with Crippen molar-refractivity contribution in [3.8, 4) is 0 Å². The van der Waals surface area contributed by atoms with E-state index < -0.39 is 10.0 Å². The average molecular weight is 363 g/mol. The molecule has 0 N–H and O–H groups in total. The van der Waals surface area contributed by atoms with Crippen molar-refractivity contribution < 1.29 is 17.7 Å². The first-order chi connectivity index (χ1) is 12.0. The fraction of sp³-hybridized carbons (Fsp3) is 0.471. The second-order valence-corrected chi connectivity index (χ2v) is 8.19. The Hall–Kier alpha value is -2.06. The molecule has 0 spiro atoms. The van der Waals surface area contributed by atoms with Gasteiger partial charge in [0.2, 0.25) is 0 Å². The summed E-state index contributed by atoms with van der Waals surface area (Å²) in [4.78, 5) is 2.40. The minimum atomic E-state index is -3.68. The molecular weight excluding hydrogens is 342 g/mol. The standard InChI is InChI=1S/C17H21N3O4S/c1-12-17(13(2)24-18-12)25(21,22)20-6-5-14-3-4-15(11-16(14)20)19-7-9-23-10-8-19/h3-4,11H,5-10H2,1-2H3. The molecule has 0 radical (unpaired) electrons. The number of aromatic nitrogens is 1. The van der Waals surface area contributed by atoms with Gasteiger partial charge in [0.15, 0.2) is 10.7 Å². The molecule has 2 aliphatic heterocycles. The van der Waals surface area contributed by atoms with Gasteiger partial charge in [-0.05, 0) is 38.0 Å². The Bertz CT molecular complexity index is 881. The number of benzene rings is 1. The molecule has 0 aliphatic carbocycles. The molecule has 0 saturated carbocycles.